The van der Waals surface area contributed by atoms with Gasteiger partial charge in [0, 0.05) is 22.5 Å². The fourth-order valence-corrected chi connectivity index (χ4v) is 5.49. The molecule has 0 saturated carbocycles. The number of carbonyl (C=O) groups is 2. The van der Waals surface area contributed by atoms with Gasteiger partial charge in [-0.1, -0.05) is 77.6 Å². The zero-order chi connectivity index (χ0) is 18.3. The normalized spacial score (nSPS) is 34.8. The van der Waals surface area contributed by atoms with Crippen molar-refractivity contribution < 1.29 is 19.1 Å². The summed E-state index contributed by atoms with van der Waals surface area (Å²) < 4.78 is 11.1. The molecule has 0 saturated heterocycles. The van der Waals surface area contributed by atoms with Gasteiger partial charge in [0.25, 0.3) is 0 Å². The smallest absolute Gasteiger partial charge is 0.306 e. The van der Waals surface area contributed by atoms with Gasteiger partial charge in [0.2, 0.25) is 0 Å². The van der Waals surface area contributed by atoms with Crippen molar-refractivity contribution in [2.24, 2.45) is 0 Å². The van der Waals surface area contributed by atoms with E-state index in [0.717, 1.165) is 12.8 Å². The van der Waals surface area contributed by atoms with Gasteiger partial charge in [0.15, 0.2) is 0 Å². The number of carbonyl (C=O) groups excluding carboxylic acids is 2. The molecule has 8 heteroatoms. The van der Waals surface area contributed by atoms with Crippen LogP contribution in [0.4, 0.5) is 0 Å². The lowest BCUT2D eigenvalue weighted by Gasteiger charge is -2.34. The summed E-state index contributed by atoms with van der Waals surface area (Å²) in [6.07, 6.45) is 4.93. The standard InChI is InChI=1S/C16H22Br4O4/c1-3-5-11(21)23-9-7-8-10(24-12(22)6-4-2)14(18)16(20)15(19)13(9)17/h7-10,13-16H,3-6H2,1-2H3/b8-7-. The van der Waals surface area contributed by atoms with Crippen molar-refractivity contribution >= 4 is 75.7 Å². The van der Waals surface area contributed by atoms with E-state index in [2.05, 4.69) is 63.7 Å². The molecule has 0 fully saturated rings. The molecule has 0 aromatic heterocycles. The second-order valence-electron chi connectivity index (χ2n) is 5.57. The van der Waals surface area contributed by atoms with Gasteiger partial charge >= 0.3 is 11.9 Å². The van der Waals surface area contributed by atoms with Crippen LogP contribution in [-0.2, 0) is 19.1 Å². The Bertz CT molecular complexity index is 417. The van der Waals surface area contributed by atoms with Crippen LogP contribution in [0.2, 0.25) is 0 Å². The Kier molecular flexibility index (Phi) is 10.7. The number of ether oxygens (including phenoxy) is 2. The molecule has 0 spiro atoms. The van der Waals surface area contributed by atoms with Crippen LogP contribution in [0.5, 0.6) is 0 Å². The minimum absolute atomic E-state index is 0.0429. The maximum atomic E-state index is 11.9. The Morgan fingerprint density at radius 1 is 0.750 bits per heavy atom. The molecule has 0 aromatic rings. The molecule has 1 aliphatic carbocycles. The number of alkyl halides is 4. The van der Waals surface area contributed by atoms with Gasteiger partial charge in [-0.15, -0.1) is 0 Å². The van der Waals surface area contributed by atoms with E-state index in [4.69, 9.17) is 9.47 Å². The first kappa shape index (κ1) is 22.6. The first-order chi connectivity index (χ1) is 11.3. The summed E-state index contributed by atoms with van der Waals surface area (Å²) in [4.78, 5) is 23.4. The second kappa shape index (κ2) is 11.3. The van der Waals surface area contributed by atoms with Gasteiger partial charge in [-0.05, 0) is 25.0 Å². The highest BCUT2D eigenvalue weighted by Gasteiger charge is 2.40. The summed E-state index contributed by atoms with van der Waals surface area (Å²) in [6, 6.07) is 0. The third kappa shape index (κ3) is 6.72. The van der Waals surface area contributed by atoms with E-state index in [0.29, 0.717) is 12.8 Å². The SMILES string of the molecule is CCCC(=O)OC1/C=C\C(OC(=O)CCC)C(Br)C(Br)C(Br)C1Br. The summed E-state index contributed by atoms with van der Waals surface area (Å²) in [5, 5.41) is 0. The van der Waals surface area contributed by atoms with Gasteiger partial charge in [0.1, 0.15) is 12.2 Å². The van der Waals surface area contributed by atoms with E-state index in [1.165, 1.54) is 0 Å². The predicted molar refractivity (Wildman–Crippen MR) is 110 cm³/mol. The van der Waals surface area contributed by atoms with Crippen molar-refractivity contribution in [3.05, 3.63) is 12.2 Å². The molecule has 0 bridgehead atoms. The predicted octanol–water partition coefficient (Wildman–Crippen LogP) is 5.03. The third-order valence-corrected chi connectivity index (χ3v) is 10.1. The third-order valence-electron chi connectivity index (χ3n) is 3.47. The van der Waals surface area contributed by atoms with Crippen LogP contribution in [0.25, 0.3) is 0 Å². The number of halogens is 4. The van der Waals surface area contributed by atoms with Crippen molar-refractivity contribution in [1.82, 2.24) is 0 Å². The lowest BCUT2D eigenvalue weighted by Crippen LogP contribution is -2.45. The van der Waals surface area contributed by atoms with Crippen molar-refractivity contribution in [1.29, 1.82) is 0 Å². The zero-order valence-corrected chi connectivity index (χ0v) is 19.9. The maximum absolute atomic E-state index is 11.9. The summed E-state index contributed by atoms with van der Waals surface area (Å²) in [5.74, 6) is -0.476. The fourth-order valence-electron chi connectivity index (χ4n) is 2.18. The molecule has 138 valence electrons. The van der Waals surface area contributed by atoms with Crippen LogP contribution in [0.3, 0.4) is 0 Å². The lowest BCUT2D eigenvalue weighted by molar-refractivity contribution is -0.148. The van der Waals surface area contributed by atoms with Crippen molar-refractivity contribution in [3.63, 3.8) is 0 Å². The van der Waals surface area contributed by atoms with Crippen LogP contribution < -0.4 is 0 Å². The molecular formula is C16H22Br4O4. The highest BCUT2D eigenvalue weighted by atomic mass is 79.9. The number of rotatable bonds is 6. The summed E-state index contributed by atoms with van der Waals surface area (Å²) >= 11 is 14.5. The molecule has 6 atom stereocenters. The van der Waals surface area contributed by atoms with Crippen LogP contribution in [0.1, 0.15) is 39.5 Å². The Hall–Kier alpha value is 0.600. The summed E-state index contributed by atoms with van der Waals surface area (Å²) in [5.41, 5.74) is 0. The number of esters is 2. The molecule has 0 aromatic carbocycles. The first-order valence-electron chi connectivity index (χ1n) is 7.95. The molecule has 0 radical (unpaired) electrons. The van der Waals surface area contributed by atoms with E-state index in [1.807, 2.05) is 13.8 Å². The lowest BCUT2D eigenvalue weighted by atomic mass is 10.0. The molecular weight excluding hydrogens is 576 g/mol. The van der Waals surface area contributed by atoms with Gasteiger partial charge in [0.05, 0.1) is 9.65 Å². The maximum Gasteiger partial charge on any atom is 0.306 e. The van der Waals surface area contributed by atoms with Gasteiger partial charge in [-0.2, -0.15) is 0 Å². The van der Waals surface area contributed by atoms with E-state index >= 15 is 0 Å². The van der Waals surface area contributed by atoms with Gasteiger partial charge in [-0.25, -0.2) is 0 Å². The van der Waals surface area contributed by atoms with E-state index in [9.17, 15) is 9.59 Å². The van der Waals surface area contributed by atoms with E-state index in [1.54, 1.807) is 12.2 Å². The Labute approximate surface area is 177 Å². The monoisotopic (exact) mass is 594 g/mol. The highest BCUT2D eigenvalue weighted by Crippen LogP contribution is 2.36. The second-order valence-corrected chi connectivity index (χ2v) is 9.80. The van der Waals surface area contributed by atoms with Crippen molar-refractivity contribution in [2.45, 2.75) is 71.0 Å². The van der Waals surface area contributed by atoms with E-state index in [-0.39, 0.29) is 31.2 Å². The summed E-state index contributed by atoms with van der Waals surface area (Å²) in [6.45, 7) is 3.86. The fraction of sp³-hybridized carbons (Fsp3) is 0.750. The molecule has 1 rings (SSSR count). The largest absolute Gasteiger partial charge is 0.457 e. The average molecular weight is 598 g/mol. The minimum Gasteiger partial charge on any atom is -0.457 e. The van der Waals surface area contributed by atoms with Crippen LogP contribution >= 0.6 is 63.7 Å². The summed E-state index contributed by atoms with van der Waals surface area (Å²) in [7, 11) is 0. The molecule has 4 nitrogen and oxygen atoms in total. The minimum atomic E-state index is -0.444. The first-order valence-corrected chi connectivity index (χ1v) is 11.6. The topological polar surface area (TPSA) is 52.6 Å². The molecule has 6 unspecified atom stereocenters. The van der Waals surface area contributed by atoms with Gasteiger partial charge < -0.3 is 9.47 Å². The molecule has 0 amide bonds. The zero-order valence-electron chi connectivity index (χ0n) is 13.6. The molecule has 0 heterocycles. The van der Waals surface area contributed by atoms with Crippen molar-refractivity contribution in [2.75, 3.05) is 0 Å². The molecule has 1 aliphatic rings. The number of hydrogen-bond donors (Lipinski definition) is 0. The Balaban J connectivity index is 2.95. The quantitative estimate of drug-likeness (QED) is 0.245. The van der Waals surface area contributed by atoms with Gasteiger partial charge in [-0.3, -0.25) is 9.59 Å². The molecule has 24 heavy (non-hydrogen) atoms. The van der Waals surface area contributed by atoms with E-state index < -0.39 is 12.2 Å². The Morgan fingerprint density at radius 2 is 1.08 bits per heavy atom. The van der Waals surface area contributed by atoms with Crippen molar-refractivity contribution in [3.8, 4) is 0 Å². The van der Waals surface area contributed by atoms with Crippen LogP contribution in [0.15, 0.2) is 12.2 Å². The molecule has 0 aliphatic heterocycles. The van der Waals surface area contributed by atoms with Crippen LogP contribution in [0, 0.1) is 0 Å². The number of hydrogen-bond acceptors (Lipinski definition) is 4. The highest BCUT2D eigenvalue weighted by molar-refractivity contribution is 9.14. The Morgan fingerprint density at radius 3 is 1.38 bits per heavy atom. The molecule has 0 N–H and O–H groups in total. The average Bonchev–Trinajstić information content (AvgIpc) is 2.54. The van der Waals surface area contributed by atoms with Crippen LogP contribution in [-0.4, -0.2) is 43.5 Å².